The Bertz CT molecular complexity index is 1190. The summed E-state index contributed by atoms with van der Waals surface area (Å²) in [6, 6.07) is 18.5. The number of nitrogens with one attached hydrogen (secondary N) is 1. The number of rotatable bonds is 8. The second kappa shape index (κ2) is 9.81. The van der Waals surface area contributed by atoms with Crippen LogP contribution in [0, 0.1) is 0 Å². The number of aryl methyl sites for hydroxylation is 1. The topological polar surface area (TPSA) is 85.8 Å². The number of hydrogen-bond acceptors (Lipinski definition) is 5. The number of hydrogen-bond donors (Lipinski definition) is 1. The van der Waals surface area contributed by atoms with Crippen molar-refractivity contribution >= 4 is 5.91 Å². The molecule has 0 aliphatic carbocycles. The van der Waals surface area contributed by atoms with E-state index in [0.29, 0.717) is 31.1 Å². The van der Waals surface area contributed by atoms with E-state index in [2.05, 4.69) is 50.9 Å². The van der Waals surface area contributed by atoms with Crippen molar-refractivity contribution in [1.82, 2.24) is 25.2 Å². The number of carbonyl (C=O) groups excluding carboxylic acids is 1. The SMILES string of the molecule is CC(C)(C)c1noc(CCC(=O)NCc2ccccc2-c2ccc(Cn3cccn3)cc2)n1. The van der Waals surface area contributed by atoms with Gasteiger partial charge in [0.15, 0.2) is 5.82 Å². The summed E-state index contributed by atoms with van der Waals surface area (Å²) < 4.78 is 7.18. The van der Waals surface area contributed by atoms with E-state index < -0.39 is 0 Å². The van der Waals surface area contributed by atoms with Gasteiger partial charge in [0.25, 0.3) is 0 Å². The number of benzene rings is 2. The number of aromatic nitrogens is 4. The van der Waals surface area contributed by atoms with Crippen LogP contribution in [-0.2, 0) is 29.7 Å². The summed E-state index contributed by atoms with van der Waals surface area (Å²) in [5, 5.41) is 11.3. The summed E-state index contributed by atoms with van der Waals surface area (Å²) in [6.45, 7) is 7.28. The highest BCUT2D eigenvalue weighted by molar-refractivity contribution is 5.76. The van der Waals surface area contributed by atoms with Crippen LogP contribution in [0.5, 0.6) is 0 Å². The molecule has 4 rings (SSSR count). The molecule has 7 heteroatoms. The zero-order chi connectivity index (χ0) is 23.3. The van der Waals surface area contributed by atoms with Crippen molar-refractivity contribution in [3.05, 3.63) is 89.8 Å². The van der Waals surface area contributed by atoms with Gasteiger partial charge in [0.2, 0.25) is 11.8 Å². The quantitative estimate of drug-likeness (QED) is 0.432. The van der Waals surface area contributed by atoms with Crippen molar-refractivity contribution in [3.63, 3.8) is 0 Å². The van der Waals surface area contributed by atoms with Crippen molar-refractivity contribution in [2.45, 2.75) is 52.1 Å². The first kappa shape index (κ1) is 22.5. The number of amides is 1. The van der Waals surface area contributed by atoms with Crippen LogP contribution in [0.1, 0.15) is 50.0 Å². The lowest BCUT2D eigenvalue weighted by Gasteiger charge is -2.12. The molecule has 2 heterocycles. The van der Waals surface area contributed by atoms with Crippen molar-refractivity contribution in [2.24, 2.45) is 0 Å². The predicted octanol–water partition coefficient (Wildman–Crippen LogP) is 4.53. The van der Waals surface area contributed by atoms with E-state index in [1.54, 1.807) is 6.20 Å². The van der Waals surface area contributed by atoms with Crippen molar-refractivity contribution < 1.29 is 9.32 Å². The Hall–Kier alpha value is -3.74. The predicted molar refractivity (Wildman–Crippen MR) is 126 cm³/mol. The third-order valence-corrected chi connectivity index (χ3v) is 5.37. The third-order valence-electron chi connectivity index (χ3n) is 5.37. The first-order chi connectivity index (χ1) is 15.9. The molecular formula is C26H29N5O2. The molecule has 0 bridgehead atoms. The molecule has 0 saturated carbocycles. The first-order valence-electron chi connectivity index (χ1n) is 11.1. The monoisotopic (exact) mass is 443 g/mol. The molecule has 4 aromatic rings. The maximum atomic E-state index is 12.4. The van der Waals surface area contributed by atoms with E-state index >= 15 is 0 Å². The van der Waals surface area contributed by atoms with Crippen LogP contribution in [0.25, 0.3) is 11.1 Å². The van der Waals surface area contributed by atoms with Crippen LogP contribution in [0.15, 0.2) is 71.5 Å². The van der Waals surface area contributed by atoms with Gasteiger partial charge in [0.05, 0.1) is 6.54 Å². The minimum atomic E-state index is -0.176. The van der Waals surface area contributed by atoms with Gasteiger partial charge in [-0.2, -0.15) is 10.1 Å². The first-order valence-corrected chi connectivity index (χ1v) is 11.1. The van der Waals surface area contributed by atoms with E-state index in [0.717, 1.165) is 23.2 Å². The van der Waals surface area contributed by atoms with Gasteiger partial charge in [-0.3, -0.25) is 9.48 Å². The molecule has 0 spiro atoms. The summed E-state index contributed by atoms with van der Waals surface area (Å²) >= 11 is 0. The molecular weight excluding hydrogens is 414 g/mol. The smallest absolute Gasteiger partial charge is 0.227 e. The van der Waals surface area contributed by atoms with E-state index in [1.807, 2.05) is 55.9 Å². The summed E-state index contributed by atoms with van der Waals surface area (Å²) in [5.74, 6) is 1.10. The van der Waals surface area contributed by atoms with Crippen LogP contribution in [0.4, 0.5) is 0 Å². The standard InChI is InChI=1S/C26H29N5O2/c1-26(2,3)25-29-24(33-30-25)14-13-23(32)27-17-21-7-4-5-8-22(21)20-11-9-19(10-12-20)18-31-16-6-15-28-31/h4-12,15-16H,13-14,17-18H2,1-3H3,(H,27,32). The Balaban J connectivity index is 1.34. The Labute approximate surface area is 193 Å². The Morgan fingerprint density at radius 3 is 2.55 bits per heavy atom. The van der Waals surface area contributed by atoms with Gasteiger partial charge in [0, 0.05) is 37.2 Å². The highest BCUT2D eigenvalue weighted by atomic mass is 16.5. The zero-order valence-electron chi connectivity index (χ0n) is 19.3. The molecule has 0 aliphatic rings. The van der Waals surface area contributed by atoms with Crippen LogP contribution in [0.3, 0.4) is 0 Å². The highest BCUT2D eigenvalue weighted by Crippen LogP contribution is 2.24. The van der Waals surface area contributed by atoms with Crippen LogP contribution in [-0.4, -0.2) is 25.8 Å². The molecule has 0 unspecified atom stereocenters. The Kier molecular flexibility index (Phi) is 6.68. The molecule has 170 valence electrons. The summed E-state index contributed by atoms with van der Waals surface area (Å²) in [5.41, 5.74) is 4.30. The third kappa shape index (κ3) is 5.94. The zero-order valence-corrected chi connectivity index (χ0v) is 19.3. The maximum Gasteiger partial charge on any atom is 0.227 e. The molecule has 0 atom stereocenters. The molecule has 0 saturated heterocycles. The lowest BCUT2D eigenvalue weighted by Crippen LogP contribution is -2.23. The van der Waals surface area contributed by atoms with Crippen LogP contribution in [0.2, 0.25) is 0 Å². The van der Waals surface area contributed by atoms with Crippen LogP contribution >= 0.6 is 0 Å². The largest absolute Gasteiger partial charge is 0.352 e. The van der Waals surface area contributed by atoms with E-state index in [9.17, 15) is 4.79 Å². The molecule has 0 fully saturated rings. The minimum Gasteiger partial charge on any atom is -0.352 e. The molecule has 0 aliphatic heterocycles. The van der Waals surface area contributed by atoms with Crippen molar-refractivity contribution in [2.75, 3.05) is 0 Å². The van der Waals surface area contributed by atoms with Gasteiger partial charge in [-0.25, -0.2) is 0 Å². The second-order valence-corrected chi connectivity index (χ2v) is 9.10. The lowest BCUT2D eigenvalue weighted by atomic mass is 9.96. The van der Waals surface area contributed by atoms with E-state index in [-0.39, 0.29) is 11.3 Å². The average molecular weight is 444 g/mol. The molecule has 0 radical (unpaired) electrons. The number of carbonyl (C=O) groups is 1. The molecule has 2 aromatic heterocycles. The number of nitrogens with zero attached hydrogens (tertiary/aromatic N) is 4. The minimum absolute atomic E-state index is 0.0464. The normalized spacial score (nSPS) is 11.5. The fourth-order valence-corrected chi connectivity index (χ4v) is 3.49. The van der Waals surface area contributed by atoms with Gasteiger partial charge < -0.3 is 9.84 Å². The van der Waals surface area contributed by atoms with Crippen molar-refractivity contribution in [3.8, 4) is 11.1 Å². The molecule has 1 amide bonds. The van der Waals surface area contributed by atoms with Gasteiger partial charge in [-0.05, 0) is 28.3 Å². The highest BCUT2D eigenvalue weighted by Gasteiger charge is 2.21. The second-order valence-electron chi connectivity index (χ2n) is 9.10. The van der Waals surface area contributed by atoms with Crippen molar-refractivity contribution in [1.29, 1.82) is 0 Å². The average Bonchev–Trinajstić information content (AvgIpc) is 3.49. The van der Waals surface area contributed by atoms with Crippen LogP contribution < -0.4 is 5.32 Å². The molecule has 1 N–H and O–H groups in total. The van der Waals surface area contributed by atoms with Gasteiger partial charge in [0.1, 0.15) is 0 Å². The fraction of sp³-hybridized carbons (Fsp3) is 0.308. The van der Waals surface area contributed by atoms with Gasteiger partial charge in [-0.1, -0.05) is 74.5 Å². The summed E-state index contributed by atoms with van der Waals surface area (Å²) in [6.07, 6.45) is 4.46. The summed E-state index contributed by atoms with van der Waals surface area (Å²) in [4.78, 5) is 16.8. The fourth-order valence-electron chi connectivity index (χ4n) is 3.49. The Morgan fingerprint density at radius 1 is 1.06 bits per heavy atom. The Morgan fingerprint density at radius 2 is 1.85 bits per heavy atom. The summed E-state index contributed by atoms with van der Waals surface area (Å²) in [7, 11) is 0. The molecule has 33 heavy (non-hydrogen) atoms. The van der Waals surface area contributed by atoms with Gasteiger partial charge in [-0.15, -0.1) is 0 Å². The van der Waals surface area contributed by atoms with Gasteiger partial charge >= 0.3 is 0 Å². The lowest BCUT2D eigenvalue weighted by molar-refractivity contribution is -0.121. The molecule has 2 aromatic carbocycles. The van der Waals surface area contributed by atoms with E-state index in [1.165, 1.54) is 5.56 Å². The maximum absolute atomic E-state index is 12.4. The van der Waals surface area contributed by atoms with E-state index in [4.69, 9.17) is 4.52 Å². The molecule has 7 nitrogen and oxygen atoms in total.